The van der Waals surface area contributed by atoms with E-state index in [9.17, 15) is 38.4 Å². The van der Waals surface area contributed by atoms with Crippen molar-refractivity contribution in [3.05, 3.63) is 47.8 Å². The summed E-state index contributed by atoms with van der Waals surface area (Å²) in [6.07, 6.45) is 0.505. The molecule has 1 aliphatic heterocycles. The number of ether oxygens (including phenoxy) is 5. The van der Waals surface area contributed by atoms with Crippen LogP contribution in [0.3, 0.4) is 0 Å². The first-order chi connectivity index (χ1) is 25.4. The summed E-state index contributed by atoms with van der Waals surface area (Å²) < 4.78 is 27.8. The summed E-state index contributed by atoms with van der Waals surface area (Å²) in [6.45, 7) is 3.27. The van der Waals surface area contributed by atoms with Crippen LogP contribution < -0.4 is 10.1 Å². The molecule has 0 bridgehead atoms. The fourth-order valence-corrected chi connectivity index (χ4v) is 4.86. The van der Waals surface area contributed by atoms with E-state index in [4.69, 9.17) is 23.7 Å². The van der Waals surface area contributed by atoms with Gasteiger partial charge in [0.15, 0.2) is 31.2 Å². The predicted octanol–water partition coefficient (Wildman–Crippen LogP) is -0.915. The Bertz CT molecular complexity index is 1690. The van der Waals surface area contributed by atoms with E-state index in [1.165, 1.54) is 35.0 Å². The van der Waals surface area contributed by atoms with Gasteiger partial charge in [0.1, 0.15) is 25.7 Å². The summed E-state index contributed by atoms with van der Waals surface area (Å²) in [5.41, 5.74) is 1.49. The molecule has 2 aromatic rings. The van der Waals surface area contributed by atoms with Crippen LogP contribution in [0.25, 0.3) is 0 Å². The fourth-order valence-electron chi connectivity index (χ4n) is 4.86. The van der Waals surface area contributed by atoms with Gasteiger partial charge >= 0.3 is 23.9 Å². The summed E-state index contributed by atoms with van der Waals surface area (Å²) in [6, 6.07) is 5.82. The Kier molecular flexibility index (Phi) is 15.5. The Morgan fingerprint density at radius 3 is 2.07 bits per heavy atom. The standard InChI is InChI=1S/C35H46N6O13/c1-21(2)52-26-13-37-41(16-26)15-25-10-8-24(9-11-25)12-27-35(49)54-22(3)33(47)36-14-30(44)50-19-28(42)38(5)18-32(46)53-23(4)34(48)39(6)17-31(45)51-20-29(43)40(27)7/h8-11,13,16,21-23,27H,12,14-15,17-20H2,1-7H3,(H,36,47). The minimum Gasteiger partial charge on any atom is -0.488 e. The van der Waals surface area contributed by atoms with E-state index in [-0.39, 0.29) is 12.5 Å². The van der Waals surface area contributed by atoms with Crippen LogP contribution in [0.4, 0.5) is 0 Å². The molecule has 1 N–H and O–H groups in total. The molecular weight excluding hydrogens is 712 g/mol. The van der Waals surface area contributed by atoms with Gasteiger partial charge in [0.05, 0.1) is 25.0 Å². The van der Waals surface area contributed by atoms with Gasteiger partial charge in [-0.15, -0.1) is 0 Å². The highest BCUT2D eigenvalue weighted by Crippen LogP contribution is 2.16. The molecule has 1 saturated heterocycles. The number of carbonyl (C=O) groups excluding carboxylic acids is 8. The van der Waals surface area contributed by atoms with E-state index < -0.39 is 98.6 Å². The SMILES string of the molecule is CC(C)Oc1cnn(Cc2ccc(CC3C(=O)OC(C)C(=O)NCC(=O)OCC(=O)N(C)CC(=O)OC(C)C(=O)N(C)CC(=O)OCC(=O)N3C)cc2)c1. The van der Waals surface area contributed by atoms with Gasteiger partial charge in [-0.2, -0.15) is 5.10 Å². The molecule has 1 aliphatic rings. The average molecular weight is 759 g/mol. The van der Waals surface area contributed by atoms with Gasteiger partial charge in [-0.05, 0) is 38.8 Å². The van der Waals surface area contributed by atoms with Gasteiger partial charge in [0, 0.05) is 27.6 Å². The Labute approximate surface area is 311 Å². The summed E-state index contributed by atoms with van der Waals surface area (Å²) in [5.74, 6) is -6.52. The van der Waals surface area contributed by atoms with Crippen molar-refractivity contribution in [2.75, 3.05) is 54.0 Å². The minimum absolute atomic E-state index is 0.00992. The lowest BCUT2D eigenvalue weighted by Crippen LogP contribution is -2.49. The highest BCUT2D eigenvalue weighted by molar-refractivity contribution is 5.91. The van der Waals surface area contributed by atoms with Crippen molar-refractivity contribution in [1.82, 2.24) is 29.8 Å². The summed E-state index contributed by atoms with van der Waals surface area (Å²) >= 11 is 0. The first-order valence-electron chi connectivity index (χ1n) is 16.9. The summed E-state index contributed by atoms with van der Waals surface area (Å²) in [5, 5.41) is 6.54. The van der Waals surface area contributed by atoms with Crippen molar-refractivity contribution in [3.8, 4) is 5.75 Å². The largest absolute Gasteiger partial charge is 0.488 e. The van der Waals surface area contributed by atoms with Crippen LogP contribution in [0, 0.1) is 0 Å². The zero-order valence-corrected chi connectivity index (χ0v) is 31.3. The van der Waals surface area contributed by atoms with Crippen LogP contribution in [-0.4, -0.2) is 150 Å². The number of aromatic nitrogens is 2. The van der Waals surface area contributed by atoms with Gasteiger partial charge in [0.25, 0.3) is 23.6 Å². The first-order valence-corrected chi connectivity index (χ1v) is 16.9. The number of nitrogens with zero attached hydrogens (tertiary/aromatic N) is 5. The van der Waals surface area contributed by atoms with Crippen molar-refractivity contribution < 1.29 is 62.0 Å². The molecule has 19 nitrogen and oxygen atoms in total. The third-order valence-electron chi connectivity index (χ3n) is 7.88. The number of cyclic esters (lactones) is 4. The molecular formula is C35H46N6O13. The van der Waals surface area contributed by atoms with Crippen LogP contribution in [0.1, 0.15) is 38.8 Å². The number of hydrogen-bond acceptors (Lipinski definition) is 14. The number of amides is 4. The molecule has 0 aliphatic carbocycles. The fraction of sp³-hybridized carbons (Fsp3) is 0.514. The maximum absolute atomic E-state index is 13.5. The van der Waals surface area contributed by atoms with Gasteiger partial charge in [-0.3, -0.25) is 38.2 Å². The molecule has 2 heterocycles. The van der Waals surface area contributed by atoms with E-state index in [1.54, 1.807) is 29.2 Å². The van der Waals surface area contributed by atoms with Crippen molar-refractivity contribution in [1.29, 1.82) is 0 Å². The van der Waals surface area contributed by atoms with E-state index in [1.807, 2.05) is 26.0 Å². The van der Waals surface area contributed by atoms with Crippen LogP contribution in [0.2, 0.25) is 0 Å². The molecule has 0 spiro atoms. The number of hydrogen-bond donors (Lipinski definition) is 1. The zero-order chi connectivity index (χ0) is 40.1. The monoisotopic (exact) mass is 758 g/mol. The van der Waals surface area contributed by atoms with Crippen LogP contribution in [0.5, 0.6) is 5.75 Å². The Hall–Kier alpha value is -6.01. The molecule has 294 valence electrons. The number of likely N-dealkylation sites (N-methyl/N-ethyl adjacent to an activating group) is 3. The van der Waals surface area contributed by atoms with E-state index >= 15 is 0 Å². The third kappa shape index (κ3) is 13.2. The molecule has 1 fully saturated rings. The van der Waals surface area contributed by atoms with Crippen LogP contribution in [-0.2, 0) is 70.3 Å². The molecule has 1 aromatic heterocycles. The minimum atomic E-state index is -1.44. The summed E-state index contributed by atoms with van der Waals surface area (Å²) in [7, 11) is 3.77. The molecule has 3 atom stereocenters. The van der Waals surface area contributed by atoms with Crippen molar-refractivity contribution in [2.24, 2.45) is 0 Å². The highest BCUT2D eigenvalue weighted by Gasteiger charge is 2.32. The van der Waals surface area contributed by atoms with E-state index in [0.717, 1.165) is 20.3 Å². The van der Waals surface area contributed by atoms with Crippen molar-refractivity contribution >= 4 is 47.5 Å². The lowest BCUT2D eigenvalue weighted by molar-refractivity contribution is -0.165. The number of rotatable bonds is 6. The molecule has 19 heteroatoms. The molecule has 0 radical (unpaired) electrons. The molecule has 1 aromatic carbocycles. The quantitative estimate of drug-likeness (QED) is 0.278. The predicted molar refractivity (Wildman–Crippen MR) is 185 cm³/mol. The number of esters is 4. The average Bonchev–Trinajstić information content (AvgIpc) is 3.55. The molecule has 54 heavy (non-hydrogen) atoms. The van der Waals surface area contributed by atoms with Gasteiger partial charge in [0.2, 0.25) is 0 Å². The summed E-state index contributed by atoms with van der Waals surface area (Å²) in [4.78, 5) is 105. The Balaban J connectivity index is 1.78. The van der Waals surface area contributed by atoms with E-state index in [0.29, 0.717) is 17.9 Å². The van der Waals surface area contributed by atoms with Gasteiger partial charge in [-0.1, -0.05) is 24.3 Å². The van der Waals surface area contributed by atoms with Crippen LogP contribution >= 0.6 is 0 Å². The zero-order valence-electron chi connectivity index (χ0n) is 31.3. The number of benzene rings is 1. The molecule has 3 unspecified atom stereocenters. The van der Waals surface area contributed by atoms with Crippen molar-refractivity contribution in [3.63, 3.8) is 0 Å². The topological polar surface area (TPSA) is 222 Å². The Morgan fingerprint density at radius 2 is 1.41 bits per heavy atom. The first kappa shape index (κ1) is 42.4. The lowest BCUT2D eigenvalue weighted by atomic mass is 10.0. The maximum atomic E-state index is 13.5. The molecule has 0 saturated carbocycles. The number of carbonyl (C=O) groups is 8. The van der Waals surface area contributed by atoms with E-state index in [2.05, 4.69) is 10.4 Å². The third-order valence-corrected chi connectivity index (χ3v) is 7.88. The number of nitrogens with one attached hydrogen (secondary N) is 1. The molecule has 4 amide bonds. The van der Waals surface area contributed by atoms with Gasteiger partial charge < -0.3 is 43.7 Å². The maximum Gasteiger partial charge on any atom is 0.329 e. The lowest BCUT2D eigenvalue weighted by Gasteiger charge is -2.28. The normalized spacial score (nSPS) is 21.2. The van der Waals surface area contributed by atoms with Gasteiger partial charge in [-0.25, -0.2) is 4.79 Å². The van der Waals surface area contributed by atoms with Crippen molar-refractivity contribution in [2.45, 2.75) is 65.0 Å². The highest BCUT2D eigenvalue weighted by atomic mass is 16.6. The smallest absolute Gasteiger partial charge is 0.329 e. The second-order valence-corrected chi connectivity index (χ2v) is 12.8. The van der Waals surface area contributed by atoms with Crippen LogP contribution in [0.15, 0.2) is 36.7 Å². The second kappa shape index (κ2) is 19.7. The molecule has 3 rings (SSSR count). The second-order valence-electron chi connectivity index (χ2n) is 12.8. The Morgan fingerprint density at radius 1 is 0.796 bits per heavy atom.